The van der Waals surface area contributed by atoms with Gasteiger partial charge in [-0.05, 0) is 32.9 Å². The fourth-order valence-electron chi connectivity index (χ4n) is 2.45. The molecule has 0 N–H and O–H groups in total. The topological polar surface area (TPSA) is 60.2 Å². The van der Waals surface area contributed by atoms with Crippen LogP contribution in [-0.2, 0) is 4.74 Å². The lowest BCUT2D eigenvalue weighted by atomic mass is 10.3. The van der Waals surface area contributed by atoms with Gasteiger partial charge >= 0.3 is 0 Å². The van der Waals surface area contributed by atoms with Crippen LogP contribution in [0.5, 0.6) is 0 Å². The van der Waals surface area contributed by atoms with Crippen LogP contribution in [0.2, 0.25) is 5.02 Å². The zero-order chi connectivity index (χ0) is 17.0. The number of carbonyl (C=O) groups is 1. The van der Waals surface area contributed by atoms with E-state index in [-0.39, 0.29) is 17.8 Å². The van der Waals surface area contributed by atoms with E-state index in [0.29, 0.717) is 29.7 Å². The smallest absolute Gasteiger partial charge is 0.293 e. The van der Waals surface area contributed by atoms with E-state index in [2.05, 4.69) is 10.1 Å². The summed E-state index contributed by atoms with van der Waals surface area (Å²) in [5.74, 6) is 0.551. The molecule has 124 valence electrons. The first kappa shape index (κ1) is 17.4. The Kier molecular flexibility index (Phi) is 5.74. The Labute approximate surface area is 141 Å². The van der Waals surface area contributed by atoms with Gasteiger partial charge in [0.05, 0.1) is 23.4 Å². The van der Waals surface area contributed by atoms with Crippen LogP contribution in [0.15, 0.2) is 24.3 Å². The van der Waals surface area contributed by atoms with Gasteiger partial charge in [0, 0.05) is 13.7 Å². The van der Waals surface area contributed by atoms with Crippen LogP contribution in [-0.4, -0.2) is 51.9 Å². The molecule has 0 unspecified atom stereocenters. The van der Waals surface area contributed by atoms with Crippen LogP contribution in [0.1, 0.15) is 30.3 Å². The van der Waals surface area contributed by atoms with E-state index in [1.807, 2.05) is 32.0 Å². The van der Waals surface area contributed by atoms with Crippen LogP contribution in [0.25, 0.3) is 5.69 Å². The van der Waals surface area contributed by atoms with Crippen molar-refractivity contribution in [2.24, 2.45) is 0 Å². The molecular weight excluding hydrogens is 316 g/mol. The Balaban J connectivity index is 2.33. The average molecular weight is 337 g/mol. The summed E-state index contributed by atoms with van der Waals surface area (Å²) >= 11 is 6.20. The highest BCUT2D eigenvalue weighted by Gasteiger charge is 2.24. The van der Waals surface area contributed by atoms with Crippen molar-refractivity contribution in [3.05, 3.63) is 40.9 Å². The number of likely N-dealkylation sites (N-methyl/N-ethyl adjacent to an activating group) is 1. The van der Waals surface area contributed by atoms with Gasteiger partial charge in [-0.3, -0.25) is 4.79 Å². The second kappa shape index (κ2) is 7.57. The lowest BCUT2D eigenvalue weighted by molar-refractivity contribution is 0.0567. The second-order valence-electron chi connectivity index (χ2n) is 5.24. The SMILES string of the molecule is CCN(C(=O)c1nc(C)n(-c2ccccc2Cl)n1)[C@@H](C)COC. The lowest BCUT2D eigenvalue weighted by Gasteiger charge is -2.26. The highest BCUT2D eigenvalue weighted by atomic mass is 35.5. The standard InChI is InChI=1S/C16H21ClN4O2/c1-5-20(11(2)10-23-4)16(22)15-18-12(3)21(19-15)14-9-7-6-8-13(14)17/h6-9,11H,5,10H2,1-4H3/t11-/m0/s1. The molecule has 1 aromatic carbocycles. The normalized spacial score (nSPS) is 12.2. The van der Waals surface area contributed by atoms with Crippen molar-refractivity contribution < 1.29 is 9.53 Å². The van der Waals surface area contributed by atoms with Gasteiger partial charge in [-0.2, -0.15) is 0 Å². The Hall–Kier alpha value is -1.92. The Morgan fingerprint density at radius 1 is 1.43 bits per heavy atom. The third kappa shape index (κ3) is 3.71. The van der Waals surface area contributed by atoms with Crippen LogP contribution in [0, 0.1) is 6.92 Å². The van der Waals surface area contributed by atoms with Crippen molar-refractivity contribution >= 4 is 17.5 Å². The summed E-state index contributed by atoms with van der Waals surface area (Å²) in [7, 11) is 1.61. The molecule has 0 saturated heterocycles. The maximum atomic E-state index is 12.7. The number of hydrogen-bond acceptors (Lipinski definition) is 4. The Morgan fingerprint density at radius 2 is 2.13 bits per heavy atom. The number of hydrogen-bond donors (Lipinski definition) is 0. The molecule has 0 radical (unpaired) electrons. The molecule has 1 aromatic heterocycles. The minimum atomic E-state index is -0.217. The molecule has 1 atom stereocenters. The van der Waals surface area contributed by atoms with Crippen LogP contribution >= 0.6 is 11.6 Å². The average Bonchev–Trinajstić information content (AvgIpc) is 2.90. The molecule has 1 amide bonds. The molecule has 0 aliphatic carbocycles. The van der Waals surface area contributed by atoms with E-state index in [4.69, 9.17) is 16.3 Å². The number of rotatable bonds is 6. The predicted molar refractivity (Wildman–Crippen MR) is 89.2 cm³/mol. The van der Waals surface area contributed by atoms with Crippen molar-refractivity contribution in [1.29, 1.82) is 0 Å². The number of benzene rings is 1. The van der Waals surface area contributed by atoms with Crippen molar-refractivity contribution in [3.8, 4) is 5.69 Å². The molecule has 2 aromatic rings. The highest BCUT2D eigenvalue weighted by Crippen LogP contribution is 2.20. The van der Waals surface area contributed by atoms with Crippen molar-refractivity contribution in [2.45, 2.75) is 26.8 Å². The van der Waals surface area contributed by atoms with Crippen LogP contribution in [0.4, 0.5) is 0 Å². The number of halogens is 1. The summed E-state index contributed by atoms with van der Waals surface area (Å²) in [5, 5.41) is 4.90. The van der Waals surface area contributed by atoms with E-state index in [0.717, 1.165) is 0 Å². The van der Waals surface area contributed by atoms with Gasteiger partial charge in [0.2, 0.25) is 5.82 Å². The summed E-state index contributed by atoms with van der Waals surface area (Å²) in [4.78, 5) is 18.7. The maximum Gasteiger partial charge on any atom is 0.293 e. The first-order valence-electron chi connectivity index (χ1n) is 7.48. The van der Waals surface area contributed by atoms with Crippen LogP contribution < -0.4 is 0 Å². The van der Waals surface area contributed by atoms with Crippen molar-refractivity contribution in [2.75, 3.05) is 20.3 Å². The number of para-hydroxylation sites is 1. The number of amides is 1. The molecule has 0 fully saturated rings. The third-order valence-corrected chi connectivity index (χ3v) is 3.90. The molecular formula is C16H21ClN4O2. The molecule has 0 saturated carbocycles. The summed E-state index contributed by atoms with van der Waals surface area (Å²) in [5.41, 5.74) is 0.700. The number of aryl methyl sites for hydroxylation is 1. The highest BCUT2D eigenvalue weighted by molar-refractivity contribution is 6.32. The molecule has 1 heterocycles. The fraction of sp³-hybridized carbons (Fsp3) is 0.438. The zero-order valence-corrected chi connectivity index (χ0v) is 14.5. The summed E-state index contributed by atoms with van der Waals surface area (Å²) in [6.07, 6.45) is 0. The van der Waals surface area contributed by atoms with E-state index >= 15 is 0 Å². The number of nitrogens with zero attached hydrogens (tertiary/aromatic N) is 4. The van der Waals surface area contributed by atoms with Gasteiger partial charge in [0.25, 0.3) is 5.91 Å². The lowest BCUT2D eigenvalue weighted by Crippen LogP contribution is -2.41. The molecule has 0 aliphatic rings. The second-order valence-corrected chi connectivity index (χ2v) is 5.65. The van der Waals surface area contributed by atoms with Gasteiger partial charge < -0.3 is 9.64 Å². The maximum absolute atomic E-state index is 12.7. The molecule has 0 bridgehead atoms. The zero-order valence-electron chi connectivity index (χ0n) is 13.8. The fourth-order valence-corrected chi connectivity index (χ4v) is 2.66. The molecule has 7 heteroatoms. The Bertz CT molecular complexity index is 686. The summed E-state index contributed by atoms with van der Waals surface area (Å²) in [6.45, 7) is 6.67. The number of methoxy groups -OCH3 is 1. The van der Waals surface area contributed by atoms with Crippen LogP contribution in [0.3, 0.4) is 0 Å². The van der Waals surface area contributed by atoms with E-state index in [1.165, 1.54) is 0 Å². The van der Waals surface area contributed by atoms with E-state index < -0.39 is 0 Å². The first-order valence-corrected chi connectivity index (χ1v) is 7.85. The van der Waals surface area contributed by atoms with Gasteiger partial charge in [0.15, 0.2) is 0 Å². The molecule has 23 heavy (non-hydrogen) atoms. The van der Waals surface area contributed by atoms with Gasteiger partial charge in [-0.1, -0.05) is 23.7 Å². The van der Waals surface area contributed by atoms with Crippen molar-refractivity contribution in [1.82, 2.24) is 19.7 Å². The third-order valence-electron chi connectivity index (χ3n) is 3.58. The molecule has 0 aliphatic heterocycles. The molecule has 6 nitrogen and oxygen atoms in total. The number of ether oxygens (including phenoxy) is 1. The minimum Gasteiger partial charge on any atom is -0.383 e. The van der Waals surface area contributed by atoms with Gasteiger partial charge in [-0.15, -0.1) is 5.10 Å². The van der Waals surface area contributed by atoms with E-state index in [1.54, 1.807) is 29.7 Å². The monoisotopic (exact) mass is 336 g/mol. The predicted octanol–water partition coefficient (Wildman–Crippen LogP) is 2.73. The van der Waals surface area contributed by atoms with Crippen molar-refractivity contribution in [3.63, 3.8) is 0 Å². The first-order chi connectivity index (χ1) is 11.0. The quantitative estimate of drug-likeness (QED) is 0.813. The van der Waals surface area contributed by atoms with Gasteiger partial charge in [-0.25, -0.2) is 9.67 Å². The minimum absolute atomic E-state index is 0.0509. The number of aromatic nitrogens is 3. The summed E-state index contributed by atoms with van der Waals surface area (Å²) < 4.78 is 6.72. The summed E-state index contributed by atoms with van der Waals surface area (Å²) in [6, 6.07) is 7.27. The van der Waals surface area contributed by atoms with Gasteiger partial charge in [0.1, 0.15) is 5.82 Å². The Morgan fingerprint density at radius 3 is 2.74 bits per heavy atom. The molecule has 2 rings (SSSR count). The molecule has 0 spiro atoms. The van der Waals surface area contributed by atoms with E-state index in [9.17, 15) is 4.79 Å². The number of carbonyl (C=O) groups excluding carboxylic acids is 1. The largest absolute Gasteiger partial charge is 0.383 e.